The van der Waals surface area contributed by atoms with Crippen LogP contribution in [0.4, 0.5) is 0 Å². The quantitative estimate of drug-likeness (QED) is 0.435. The van der Waals surface area contributed by atoms with Gasteiger partial charge in [-0.3, -0.25) is 9.69 Å². The molecule has 1 fully saturated rings. The highest BCUT2D eigenvalue weighted by Crippen LogP contribution is 2.28. The number of unbranched alkanes of at least 4 members (excludes halogenated alkanes) is 1. The summed E-state index contributed by atoms with van der Waals surface area (Å²) in [4.78, 5) is 14.3. The topological polar surface area (TPSA) is 50.8 Å². The number of rotatable bonds is 8. The molecule has 0 unspecified atom stereocenters. The molecule has 0 saturated carbocycles. The first kappa shape index (κ1) is 21.3. The summed E-state index contributed by atoms with van der Waals surface area (Å²) >= 11 is 8.79. The Balaban J connectivity index is 1.79. The molecule has 0 aliphatic carbocycles. The van der Waals surface area contributed by atoms with Crippen molar-refractivity contribution in [3.8, 4) is 11.5 Å². The average molecular weight is 475 g/mol. The summed E-state index contributed by atoms with van der Waals surface area (Å²) in [6.45, 7) is 3.06. The van der Waals surface area contributed by atoms with Gasteiger partial charge in [0.15, 0.2) is 5.11 Å². The first-order valence-electron chi connectivity index (χ1n) is 9.42. The standard InChI is InChI=1S/C22H23BrN2O3S/c1-3-4-11-25-21(26)18(24-22(25)29)13-15-9-10-19(27-2)16(12-15)14-28-20-8-6-5-7-17(20)23/h5-10,12-13H,3-4,11,14H2,1-2H3,(H,24,29)/b18-13+. The molecule has 1 N–H and O–H groups in total. The number of hydrogen-bond donors (Lipinski definition) is 1. The number of thiocarbonyl (C=S) groups is 1. The number of carbonyl (C=O) groups is 1. The normalized spacial score (nSPS) is 15.0. The molecular weight excluding hydrogens is 452 g/mol. The number of hydrogen-bond acceptors (Lipinski definition) is 4. The van der Waals surface area contributed by atoms with Crippen molar-refractivity contribution in [3.05, 3.63) is 63.8 Å². The predicted molar refractivity (Wildman–Crippen MR) is 122 cm³/mol. The predicted octanol–water partition coefficient (Wildman–Crippen LogP) is 4.89. The second-order valence-electron chi connectivity index (χ2n) is 6.59. The van der Waals surface area contributed by atoms with Crippen LogP contribution in [-0.2, 0) is 11.4 Å². The fourth-order valence-electron chi connectivity index (χ4n) is 2.98. The summed E-state index contributed by atoms with van der Waals surface area (Å²) in [5.74, 6) is 1.39. The largest absolute Gasteiger partial charge is 0.496 e. The fourth-order valence-corrected chi connectivity index (χ4v) is 3.66. The van der Waals surface area contributed by atoms with Crippen molar-refractivity contribution < 1.29 is 14.3 Å². The Morgan fingerprint density at radius 3 is 2.72 bits per heavy atom. The lowest BCUT2D eigenvalue weighted by Gasteiger charge is -2.13. The van der Waals surface area contributed by atoms with Crippen molar-refractivity contribution in [3.63, 3.8) is 0 Å². The van der Waals surface area contributed by atoms with Gasteiger partial charge >= 0.3 is 0 Å². The monoisotopic (exact) mass is 474 g/mol. The van der Waals surface area contributed by atoms with Crippen LogP contribution in [0.15, 0.2) is 52.6 Å². The Hall–Kier alpha value is -2.38. The summed E-state index contributed by atoms with van der Waals surface area (Å²) < 4.78 is 12.3. The molecule has 0 spiro atoms. The second kappa shape index (κ2) is 9.89. The lowest BCUT2D eigenvalue weighted by molar-refractivity contribution is -0.122. The van der Waals surface area contributed by atoms with E-state index in [1.54, 1.807) is 12.0 Å². The molecule has 2 aromatic rings. The molecule has 0 atom stereocenters. The molecule has 1 aliphatic rings. The zero-order valence-corrected chi connectivity index (χ0v) is 18.8. The van der Waals surface area contributed by atoms with E-state index in [0.717, 1.165) is 39.9 Å². The van der Waals surface area contributed by atoms with Gasteiger partial charge in [-0.1, -0.05) is 31.5 Å². The zero-order valence-electron chi connectivity index (χ0n) is 16.4. The summed E-state index contributed by atoms with van der Waals surface area (Å²) in [7, 11) is 1.63. The number of halogens is 1. The maximum absolute atomic E-state index is 12.6. The van der Waals surface area contributed by atoms with Crippen molar-refractivity contribution in [1.29, 1.82) is 0 Å². The van der Waals surface area contributed by atoms with E-state index in [-0.39, 0.29) is 5.91 Å². The molecular formula is C22H23BrN2O3S. The maximum Gasteiger partial charge on any atom is 0.276 e. The number of carbonyl (C=O) groups excluding carboxylic acids is 1. The highest BCUT2D eigenvalue weighted by Gasteiger charge is 2.29. The van der Waals surface area contributed by atoms with Crippen LogP contribution in [-0.4, -0.2) is 29.6 Å². The van der Waals surface area contributed by atoms with Crippen molar-refractivity contribution in [2.75, 3.05) is 13.7 Å². The molecule has 1 aliphatic heterocycles. The minimum absolute atomic E-state index is 0.0923. The lowest BCUT2D eigenvalue weighted by atomic mass is 10.1. The molecule has 2 aromatic carbocycles. The van der Waals surface area contributed by atoms with E-state index in [4.69, 9.17) is 21.7 Å². The Morgan fingerprint density at radius 1 is 1.21 bits per heavy atom. The number of nitrogens with zero attached hydrogens (tertiary/aromatic N) is 1. The molecule has 152 valence electrons. The average Bonchev–Trinajstić information content (AvgIpc) is 2.98. The van der Waals surface area contributed by atoms with E-state index in [9.17, 15) is 4.79 Å². The Bertz CT molecular complexity index is 945. The third-order valence-electron chi connectivity index (χ3n) is 4.53. The van der Waals surface area contributed by atoms with E-state index in [0.29, 0.717) is 24.0 Å². The minimum atomic E-state index is -0.0923. The number of amides is 1. The molecule has 29 heavy (non-hydrogen) atoms. The molecule has 1 amide bonds. The van der Waals surface area contributed by atoms with E-state index < -0.39 is 0 Å². The number of ether oxygens (including phenoxy) is 2. The van der Waals surface area contributed by atoms with Crippen molar-refractivity contribution in [2.45, 2.75) is 26.4 Å². The summed E-state index contributed by atoms with van der Waals surface area (Å²) in [6, 6.07) is 13.4. The first-order chi connectivity index (χ1) is 14.0. The molecule has 3 rings (SSSR count). The maximum atomic E-state index is 12.6. The Labute approximate surface area is 184 Å². The number of benzene rings is 2. The van der Waals surface area contributed by atoms with Gasteiger partial charge in [-0.15, -0.1) is 0 Å². The summed E-state index contributed by atoms with van der Waals surface area (Å²) in [5, 5.41) is 3.48. The van der Waals surface area contributed by atoms with Crippen molar-refractivity contribution in [2.24, 2.45) is 0 Å². The molecule has 0 aromatic heterocycles. The van der Waals surface area contributed by atoms with Crippen LogP contribution in [0.2, 0.25) is 0 Å². The van der Waals surface area contributed by atoms with E-state index in [1.165, 1.54) is 0 Å². The SMILES string of the molecule is CCCCN1C(=O)/C(=C\c2ccc(OC)c(COc3ccccc3Br)c2)NC1=S. The first-order valence-corrected chi connectivity index (χ1v) is 10.6. The Kier molecular flexibility index (Phi) is 7.28. The molecule has 1 saturated heterocycles. The van der Waals surface area contributed by atoms with Crippen LogP contribution in [0.5, 0.6) is 11.5 Å². The van der Waals surface area contributed by atoms with Gasteiger partial charge < -0.3 is 14.8 Å². The van der Waals surface area contributed by atoms with Crippen molar-refractivity contribution >= 4 is 45.2 Å². The third kappa shape index (κ3) is 5.16. The zero-order chi connectivity index (χ0) is 20.8. The lowest BCUT2D eigenvalue weighted by Crippen LogP contribution is -2.31. The molecule has 0 radical (unpaired) electrons. The second-order valence-corrected chi connectivity index (χ2v) is 7.83. The fraction of sp³-hybridized carbons (Fsp3) is 0.273. The van der Waals surface area contributed by atoms with Gasteiger partial charge in [0.1, 0.15) is 23.8 Å². The molecule has 1 heterocycles. The number of methoxy groups -OCH3 is 1. The molecule has 7 heteroatoms. The van der Waals surface area contributed by atoms with Gasteiger partial charge in [-0.2, -0.15) is 0 Å². The van der Waals surface area contributed by atoms with Gasteiger partial charge in [-0.25, -0.2) is 0 Å². The van der Waals surface area contributed by atoms with Crippen LogP contribution < -0.4 is 14.8 Å². The van der Waals surface area contributed by atoms with Gasteiger partial charge in [0, 0.05) is 12.1 Å². The Morgan fingerprint density at radius 2 is 2.00 bits per heavy atom. The van der Waals surface area contributed by atoms with Crippen LogP contribution in [0.25, 0.3) is 6.08 Å². The van der Waals surface area contributed by atoms with Crippen LogP contribution >= 0.6 is 28.1 Å². The van der Waals surface area contributed by atoms with Crippen LogP contribution in [0.3, 0.4) is 0 Å². The van der Waals surface area contributed by atoms with E-state index in [2.05, 4.69) is 28.2 Å². The summed E-state index contributed by atoms with van der Waals surface area (Å²) in [6.07, 6.45) is 3.73. The van der Waals surface area contributed by atoms with Crippen molar-refractivity contribution in [1.82, 2.24) is 10.2 Å². The van der Waals surface area contributed by atoms with E-state index >= 15 is 0 Å². The highest BCUT2D eigenvalue weighted by molar-refractivity contribution is 9.10. The van der Waals surface area contributed by atoms with Gasteiger partial charge in [-0.05, 0) is 70.5 Å². The molecule has 0 bridgehead atoms. The smallest absolute Gasteiger partial charge is 0.276 e. The summed E-state index contributed by atoms with van der Waals surface area (Å²) in [5.41, 5.74) is 2.23. The van der Waals surface area contributed by atoms with Gasteiger partial charge in [0.2, 0.25) is 0 Å². The van der Waals surface area contributed by atoms with Crippen LogP contribution in [0, 0.1) is 0 Å². The number of para-hydroxylation sites is 1. The van der Waals surface area contributed by atoms with Gasteiger partial charge in [0.25, 0.3) is 5.91 Å². The van der Waals surface area contributed by atoms with Gasteiger partial charge in [0.05, 0.1) is 11.6 Å². The number of nitrogens with one attached hydrogen (secondary N) is 1. The van der Waals surface area contributed by atoms with Crippen LogP contribution in [0.1, 0.15) is 30.9 Å². The molecule has 5 nitrogen and oxygen atoms in total. The van der Waals surface area contributed by atoms with E-state index in [1.807, 2.05) is 48.5 Å². The highest BCUT2D eigenvalue weighted by atomic mass is 79.9. The third-order valence-corrected chi connectivity index (χ3v) is 5.51. The minimum Gasteiger partial charge on any atom is -0.496 e.